The van der Waals surface area contributed by atoms with Crippen molar-refractivity contribution in [1.82, 2.24) is 14.9 Å². The first-order valence-electron chi connectivity index (χ1n) is 5.72. The number of allylic oxidation sites excluding steroid dienone is 1. The lowest BCUT2D eigenvalue weighted by molar-refractivity contribution is 0.321. The Hall–Kier alpha value is -1.78. The first kappa shape index (κ1) is 11.7. The second-order valence-corrected chi connectivity index (χ2v) is 4.13. The van der Waals surface area contributed by atoms with E-state index >= 15 is 0 Å². The van der Waals surface area contributed by atoms with Gasteiger partial charge in [-0.2, -0.15) is 4.98 Å². The molecule has 0 aliphatic carbocycles. The maximum Gasteiger partial charge on any atom is 0.233 e. The molecule has 5 heteroatoms. The number of ether oxygens (including phenoxy) is 1. The minimum atomic E-state index is 0.560. The van der Waals surface area contributed by atoms with Crippen LogP contribution in [0.1, 0.15) is 6.92 Å². The van der Waals surface area contributed by atoms with Gasteiger partial charge in [0.15, 0.2) is 5.82 Å². The van der Waals surface area contributed by atoms with E-state index in [4.69, 9.17) is 4.74 Å². The molecule has 0 atom stereocenters. The topological polar surface area (TPSA) is 41.5 Å². The molecule has 92 valence electrons. The number of anilines is 1. The van der Waals surface area contributed by atoms with Crippen molar-refractivity contribution in [2.24, 2.45) is 0 Å². The van der Waals surface area contributed by atoms with E-state index in [1.165, 1.54) is 0 Å². The Balaban J connectivity index is 2.02. The lowest BCUT2D eigenvalue weighted by atomic mass is 10.3. The largest absolute Gasteiger partial charge is 0.480 e. The summed E-state index contributed by atoms with van der Waals surface area (Å²) in [5.74, 6) is 1.44. The van der Waals surface area contributed by atoms with Crippen LogP contribution in [0.3, 0.4) is 0 Å². The molecule has 17 heavy (non-hydrogen) atoms. The summed E-state index contributed by atoms with van der Waals surface area (Å²) in [6.07, 6.45) is 3.40. The molecule has 0 unspecified atom stereocenters. The van der Waals surface area contributed by atoms with Gasteiger partial charge in [-0.15, -0.1) is 0 Å². The van der Waals surface area contributed by atoms with E-state index in [1.807, 2.05) is 6.92 Å². The standard InChI is InChI=1S/C12H18N4O/c1-10(2)15-4-6-16(7-5-15)11-8-13-9-12(14-11)17-3/h8-9H,1,4-7H2,2-3H3. The van der Waals surface area contributed by atoms with Gasteiger partial charge in [0.1, 0.15) is 0 Å². The van der Waals surface area contributed by atoms with Crippen LogP contribution in [-0.4, -0.2) is 48.2 Å². The molecule has 0 N–H and O–H groups in total. The van der Waals surface area contributed by atoms with Crippen LogP contribution in [0.5, 0.6) is 5.88 Å². The van der Waals surface area contributed by atoms with E-state index in [2.05, 4.69) is 26.3 Å². The van der Waals surface area contributed by atoms with Gasteiger partial charge in [0.05, 0.1) is 19.5 Å². The predicted molar refractivity (Wildman–Crippen MR) is 67.2 cm³/mol. The Morgan fingerprint density at radius 1 is 1.29 bits per heavy atom. The minimum absolute atomic E-state index is 0.560. The summed E-state index contributed by atoms with van der Waals surface area (Å²) in [6.45, 7) is 9.85. The number of aromatic nitrogens is 2. The highest BCUT2D eigenvalue weighted by atomic mass is 16.5. The monoisotopic (exact) mass is 234 g/mol. The number of piperazine rings is 1. The van der Waals surface area contributed by atoms with E-state index in [-0.39, 0.29) is 0 Å². The first-order chi connectivity index (χ1) is 8.20. The third kappa shape index (κ3) is 2.67. The number of hydrogen-bond acceptors (Lipinski definition) is 5. The molecule has 1 saturated heterocycles. The molecule has 1 fully saturated rings. The van der Waals surface area contributed by atoms with E-state index in [0.29, 0.717) is 5.88 Å². The zero-order valence-corrected chi connectivity index (χ0v) is 10.4. The molecule has 0 amide bonds. The van der Waals surface area contributed by atoms with Gasteiger partial charge in [-0.25, -0.2) is 0 Å². The molecule has 5 nitrogen and oxygen atoms in total. The number of hydrogen-bond donors (Lipinski definition) is 0. The van der Waals surface area contributed by atoms with E-state index < -0.39 is 0 Å². The van der Waals surface area contributed by atoms with Gasteiger partial charge >= 0.3 is 0 Å². The number of nitrogens with zero attached hydrogens (tertiary/aromatic N) is 4. The average Bonchev–Trinajstić information content (AvgIpc) is 2.39. The molecule has 1 aliphatic rings. The van der Waals surface area contributed by atoms with Crippen LogP contribution in [0.4, 0.5) is 5.82 Å². The first-order valence-corrected chi connectivity index (χ1v) is 5.72. The number of rotatable bonds is 3. The van der Waals surface area contributed by atoms with Crippen molar-refractivity contribution in [2.75, 3.05) is 38.2 Å². The molecule has 2 heterocycles. The zero-order valence-electron chi connectivity index (χ0n) is 10.4. The van der Waals surface area contributed by atoms with Gasteiger partial charge in [-0.05, 0) is 6.92 Å². The lowest BCUT2D eigenvalue weighted by Gasteiger charge is -2.36. The molecule has 1 aliphatic heterocycles. The van der Waals surface area contributed by atoms with Crippen LogP contribution in [0.2, 0.25) is 0 Å². The Morgan fingerprint density at radius 3 is 2.59 bits per heavy atom. The van der Waals surface area contributed by atoms with Crippen LogP contribution in [0, 0.1) is 0 Å². The fourth-order valence-electron chi connectivity index (χ4n) is 1.91. The van der Waals surface area contributed by atoms with Gasteiger partial charge in [-0.3, -0.25) is 4.98 Å². The molecule has 0 bridgehead atoms. The van der Waals surface area contributed by atoms with Crippen LogP contribution in [0.15, 0.2) is 24.7 Å². The van der Waals surface area contributed by atoms with E-state index in [1.54, 1.807) is 19.5 Å². The van der Waals surface area contributed by atoms with Gasteiger partial charge in [0, 0.05) is 31.9 Å². The molecule has 1 aromatic rings. The maximum absolute atomic E-state index is 5.08. The Labute approximate surface area is 102 Å². The summed E-state index contributed by atoms with van der Waals surface area (Å²) >= 11 is 0. The Morgan fingerprint density at radius 2 is 2.00 bits per heavy atom. The second-order valence-electron chi connectivity index (χ2n) is 4.13. The SMILES string of the molecule is C=C(C)N1CCN(c2cncc(OC)n2)CC1. The second kappa shape index (κ2) is 5.03. The highest BCUT2D eigenvalue weighted by Gasteiger charge is 2.17. The maximum atomic E-state index is 5.08. The molecule has 2 rings (SSSR count). The highest BCUT2D eigenvalue weighted by molar-refractivity contribution is 5.38. The summed E-state index contributed by atoms with van der Waals surface area (Å²) in [5.41, 5.74) is 1.13. The molecule has 0 radical (unpaired) electrons. The molecule has 0 spiro atoms. The van der Waals surface area contributed by atoms with Crippen molar-refractivity contribution < 1.29 is 4.74 Å². The molecule has 0 aromatic carbocycles. The lowest BCUT2D eigenvalue weighted by Crippen LogP contribution is -2.45. The van der Waals surface area contributed by atoms with Crippen molar-refractivity contribution >= 4 is 5.82 Å². The van der Waals surface area contributed by atoms with Gasteiger partial charge < -0.3 is 14.5 Å². The highest BCUT2D eigenvalue weighted by Crippen LogP contribution is 2.16. The van der Waals surface area contributed by atoms with Gasteiger partial charge in [0.25, 0.3) is 0 Å². The molecular weight excluding hydrogens is 216 g/mol. The van der Waals surface area contributed by atoms with Crippen molar-refractivity contribution in [3.63, 3.8) is 0 Å². The molecule has 1 aromatic heterocycles. The van der Waals surface area contributed by atoms with Crippen LogP contribution >= 0.6 is 0 Å². The smallest absolute Gasteiger partial charge is 0.233 e. The van der Waals surface area contributed by atoms with Crippen molar-refractivity contribution in [3.8, 4) is 5.88 Å². The molecule has 0 saturated carbocycles. The van der Waals surface area contributed by atoms with Crippen molar-refractivity contribution in [1.29, 1.82) is 0 Å². The summed E-state index contributed by atoms with van der Waals surface area (Å²) in [6, 6.07) is 0. The summed E-state index contributed by atoms with van der Waals surface area (Å²) in [7, 11) is 1.60. The quantitative estimate of drug-likeness (QED) is 0.784. The minimum Gasteiger partial charge on any atom is -0.480 e. The normalized spacial score (nSPS) is 15.9. The fraction of sp³-hybridized carbons (Fsp3) is 0.500. The van der Waals surface area contributed by atoms with Crippen LogP contribution in [-0.2, 0) is 0 Å². The van der Waals surface area contributed by atoms with Crippen LogP contribution in [0.25, 0.3) is 0 Å². The predicted octanol–water partition coefficient (Wildman–Crippen LogP) is 1.14. The van der Waals surface area contributed by atoms with Crippen LogP contribution < -0.4 is 9.64 Å². The van der Waals surface area contributed by atoms with Gasteiger partial charge in [0.2, 0.25) is 5.88 Å². The Bertz CT molecular complexity index is 399. The summed E-state index contributed by atoms with van der Waals surface area (Å²) < 4.78 is 5.08. The number of methoxy groups -OCH3 is 1. The molecular formula is C12H18N4O. The Kier molecular flexibility index (Phi) is 3.46. The average molecular weight is 234 g/mol. The van der Waals surface area contributed by atoms with Crippen molar-refractivity contribution in [2.45, 2.75) is 6.92 Å². The van der Waals surface area contributed by atoms with E-state index in [0.717, 1.165) is 37.7 Å². The summed E-state index contributed by atoms with van der Waals surface area (Å²) in [4.78, 5) is 13.0. The third-order valence-corrected chi connectivity index (χ3v) is 2.95. The van der Waals surface area contributed by atoms with Crippen molar-refractivity contribution in [3.05, 3.63) is 24.7 Å². The van der Waals surface area contributed by atoms with Gasteiger partial charge in [-0.1, -0.05) is 6.58 Å². The third-order valence-electron chi connectivity index (χ3n) is 2.95. The fourth-order valence-corrected chi connectivity index (χ4v) is 1.91. The summed E-state index contributed by atoms with van der Waals surface area (Å²) in [5, 5.41) is 0. The van der Waals surface area contributed by atoms with E-state index in [9.17, 15) is 0 Å². The zero-order chi connectivity index (χ0) is 12.3.